The largest absolute Gasteiger partial charge is 0.243 e. The molecule has 1 heterocycles. The van der Waals surface area contributed by atoms with E-state index in [1.54, 1.807) is 0 Å². The van der Waals surface area contributed by atoms with Gasteiger partial charge in [-0.25, -0.2) is 9.13 Å². The number of imidazole rings is 1. The van der Waals surface area contributed by atoms with E-state index in [2.05, 4.69) is 41.7 Å². The molecular formula is C29H57N2+. The highest BCUT2D eigenvalue weighted by molar-refractivity contribution is 4.66. The summed E-state index contributed by atoms with van der Waals surface area (Å²) in [6.45, 7) is 6.99. The summed E-state index contributed by atoms with van der Waals surface area (Å²) in [4.78, 5) is 0. The van der Waals surface area contributed by atoms with Crippen LogP contribution in [0.3, 0.4) is 0 Å². The van der Waals surface area contributed by atoms with Gasteiger partial charge in [0, 0.05) is 0 Å². The van der Waals surface area contributed by atoms with E-state index in [0.29, 0.717) is 0 Å². The molecule has 1 rings (SSSR count). The van der Waals surface area contributed by atoms with Gasteiger partial charge in [0.15, 0.2) is 0 Å². The van der Waals surface area contributed by atoms with E-state index in [1.165, 1.54) is 154 Å². The molecule has 182 valence electrons. The molecule has 2 heteroatoms. The Balaban J connectivity index is 1.85. The van der Waals surface area contributed by atoms with Crippen molar-refractivity contribution in [1.29, 1.82) is 0 Å². The second kappa shape index (κ2) is 22.4. The molecule has 0 N–H and O–H groups in total. The lowest BCUT2D eigenvalue weighted by Gasteiger charge is -2.02. The number of aromatic nitrogens is 2. The minimum absolute atomic E-state index is 1.20. The lowest BCUT2D eigenvalue weighted by Crippen LogP contribution is -2.30. The smallest absolute Gasteiger partial charge is 0.237 e. The third-order valence-electron chi connectivity index (χ3n) is 6.79. The van der Waals surface area contributed by atoms with Crippen LogP contribution in [0.25, 0.3) is 0 Å². The Hall–Kier alpha value is -0.790. The minimum atomic E-state index is 1.20. The van der Waals surface area contributed by atoms with Crippen LogP contribution in [0, 0.1) is 0 Å². The van der Waals surface area contributed by atoms with Crippen molar-refractivity contribution in [3.8, 4) is 0 Å². The fourth-order valence-electron chi connectivity index (χ4n) is 4.62. The van der Waals surface area contributed by atoms with Crippen LogP contribution in [-0.2, 0) is 13.1 Å². The zero-order valence-corrected chi connectivity index (χ0v) is 21.6. The highest BCUT2D eigenvalue weighted by atomic mass is 15.1. The Kier molecular flexibility index (Phi) is 20.4. The Morgan fingerprint density at radius 1 is 0.484 bits per heavy atom. The monoisotopic (exact) mass is 433 g/mol. The maximum Gasteiger partial charge on any atom is 0.243 e. The van der Waals surface area contributed by atoms with Crippen LogP contribution >= 0.6 is 0 Å². The fraction of sp³-hybridized carbons (Fsp3) is 0.897. The van der Waals surface area contributed by atoms with Crippen molar-refractivity contribution < 1.29 is 4.57 Å². The van der Waals surface area contributed by atoms with Crippen LogP contribution < -0.4 is 4.57 Å². The van der Waals surface area contributed by atoms with Crippen LogP contribution in [0.15, 0.2) is 18.7 Å². The summed E-state index contributed by atoms with van der Waals surface area (Å²) in [7, 11) is 0. The van der Waals surface area contributed by atoms with Crippen molar-refractivity contribution in [2.75, 3.05) is 0 Å². The Labute approximate surface area is 196 Å². The van der Waals surface area contributed by atoms with Gasteiger partial charge in [0.05, 0.1) is 13.1 Å². The first kappa shape index (κ1) is 28.2. The number of nitrogens with zero attached hydrogens (tertiary/aromatic N) is 2. The molecule has 0 aliphatic rings. The van der Waals surface area contributed by atoms with E-state index in [-0.39, 0.29) is 0 Å². The molecule has 0 saturated carbocycles. The van der Waals surface area contributed by atoms with E-state index >= 15 is 0 Å². The van der Waals surface area contributed by atoms with E-state index in [1.807, 2.05) is 0 Å². The molecule has 0 radical (unpaired) electrons. The Bertz CT molecular complexity index is 465. The van der Waals surface area contributed by atoms with Crippen molar-refractivity contribution in [2.24, 2.45) is 0 Å². The second-order valence-corrected chi connectivity index (χ2v) is 9.96. The van der Waals surface area contributed by atoms with Crippen LogP contribution in [0.2, 0.25) is 0 Å². The molecule has 0 saturated heterocycles. The van der Waals surface area contributed by atoms with E-state index in [9.17, 15) is 0 Å². The van der Waals surface area contributed by atoms with Crippen LogP contribution in [0.4, 0.5) is 0 Å². The first-order chi connectivity index (χ1) is 15.4. The third-order valence-corrected chi connectivity index (χ3v) is 6.79. The topological polar surface area (TPSA) is 8.81 Å². The normalized spacial score (nSPS) is 11.4. The standard InChI is InChI=1S/C29H57N2/c1-3-5-7-9-11-13-15-16-18-20-22-24-26-31-28-27-30(29-31)25-23-21-19-17-14-12-10-8-6-4-2/h27-29H,3-26H2,1-2H3/q+1. The van der Waals surface area contributed by atoms with Gasteiger partial charge in [-0.1, -0.05) is 129 Å². The van der Waals surface area contributed by atoms with Gasteiger partial charge in [0.25, 0.3) is 0 Å². The third kappa shape index (κ3) is 18.5. The SMILES string of the molecule is CCCCCCCCCCCCCC[n+]1ccn(CCCCCCCCCCCC)c1. The van der Waals surface area contributed by atoms with Crippen LogP contribution in [0.1, 0.15) is 155 Å². The lowest BCUT2D eigenvalue weighted by molar-refractivity contribution is -0.696. The predicted octanol–water partition coefficient (Wildman–Crippen LogP) is 9.40. The van der Waals surface area contributed by atoms with Crippen LogP contribution in [0.5, 0.6) is 0 Å². The summed E-state index contributed by atoms with van der Waals surface area (Å²) in [5.41, 5.74) is 0. The summed E-state index contributed by atoms with van der Waals surface area (Å²) >= 11 is 0. The van der Waals surface area contributed by atoms with Crippen molar-refractivity contribution >= 4 is 0 Å². The molecule has 0 aromatic carbocycles. The lowest BCUT2D eigenvalue weighted by atomic mass is 10.1. The van der Waals surface area contributed by atoms with Gasteiger partial charge in [-0.2, -0.15) is 0 Å². The zero-order valence-electron chi connectivity index (χ0n) is 21.6. The molecular weight excluding hydrogens is 376 g/mol. The van der Waals surface area contributed by atoms with E-state index in [0.717, 1.165) is 0 Å². The molecule has 31 heavy (non-hydrogen) atoms. The maximum atomic E-state index is 2.40. The average Bonchev–Trinajstić information content (AvgIpc) is 3.23. The Morgan fingerprint density at radius 3 is 1.32 bits per heavy atom. The summed E-state index contributed by atoms with van der Waals surface area (Å²) < 4.78 is 4.79. The molecule has 0 bridgehead atoms. The molecule has 0 aliphatic carbocycles. The highest BCUT2D eigenvalue weighted by Crippen LogP contribution is 2.12. The first-order valence-electron chi connectivity index (χ1n) is 14.4. The van der Waals surface area contributed by atoms with Crippen molar-refractivity contribution in [2.45, 2.75) is 168 Å². The number of unbranched alkanes of at least 4 members (excludes halogenated alkanes) is 20. The number of hydrogen-bond donors (Lipinski definition) is 0. The number of aryl methyl sites for hydroxylation is 2. The molecule has 0 aliphatic heterocycles. The molecule has 0 amide bonds. The van der Waals surface area contributed by atoms with Gasteiger partial charge in [-0.15, -0.1) is 0 Å². The zero-order chi connectivity index (χ0) is 22.2. The molecule has 0 spiro atoms. The van der Waals surface area contributed by atoms with Crippen molar-refractivity contribution in [1.82, 2.24) is 4.57 Å². The molecule has 0 atom stereocenters. The van der Waals surface area contributed by atoms with Gasteiger partial charge in [0.1, 0.15) is 12.4 Å². The van der Waals surface area contributed by atoms with E-state index < -0.39 is 0 Å². The summed E-state index contributed by atoms with van der Waals surface area (Å²) in [5.74, 6) is 0. The first-order valence-corrected chi connectivity index (χ1v) is 14.4. The van der Waals surface area contributed by atoms with E-state index in [4.69, 9.17) is 0 Å². The summed E-state index contributed by atoms with van der Waals surface area (Å²) in [6, 6.07) is 0. The van der Waals surface area contributed by atoms with Crippen molar-refractivity contribution in [3.63, 3.8) is 0 Å². The van der Waals surface area contributed by atoms with Crippen molar-refractivity contribution in [3.05, 3.63) is 18.7 Å². The predicted molar refractivity (Wildman–Crippen MR) is 138 cm³/mol. The molecule has 2 nitrogen and oxygen atoms in total. The summed E-state index contributed by atoms with van der Waals surface area (Å²) in [6.07, 6.45) is 38.2. The average molecular weight is 434 g/mol. The molecule has 0 unspecified atom stereocenters. The summed E-state index contributed by atoms with van der Waals surface area (Å²) in [5, 5.41) is 0. The van der Waals surface area contributed by atoms with Gasteiger partial charge in [-0.3, -0.25) is 0 Å². The highest BCUT2D eigenvalue weighted by Gasteiger charge is 2.03. The maximum absolute atomic E-state index is 2.40. The molecule has 0 fully saturated rings. The minimum Gasteiger partial charge on any atom is -0.237 e. The quantitative estimate of drug-likeness (QED) is 0.113. The number of rotatable bonds is 24. The van der Waals surface area contributed by atoms with Gasteiger partial charge in [0.2, 0.25) is 6.33 Å². The van der Waals surface area contributed by atoms with Gasteiger partial charge < -0.3 is 0 Å². The Morgan fingerprint density at radius 2 is 0.871 bits per heavy atom. The van der Waals surface area contributed by atoms with Gasteiger partial charge >= 0.3 is 0 Å². The fourth-order valence-corrected chi connectivity index (χ4v) is 4.62. The molecule has 1 aromatic heterocycles. The van der Waals surface area contributed by atoms with Gasteiger partial charge in [-0.05, 0) is 25.7 Å². The second-order valence-electron chi connectivity index (χ2n) is 9.96. The van der Waals surface area contributed by atoms with Crippen LogP contribution in [-0.4, -0.2) is 4.57 Å². The number of hydrogen-bond acceptors (Lipinski definition) is 0. The molecule has 1 aromatic rings.